The minimum Gasteiger partial charge on any atom is -0.356 e. The van der Waals surface area contributed by atoms with E-state index in [2.05, 4.69) is 30.2 Å². The molecule has 0 radical (unpaired) electrons. The van der Waals surface area contributed by atoms with Gasteiger partial charge in [-0.25, -0.2) is 4.98 Å². The van der Waals surface area contributed by atoms with E-state index in [1.165, 1.54) is 4.70 Å². The Bertz CT molecular complexity index is 515. The van der Waals surface area contributed by atoms with Gasteiger partial charge in [0.15, 0.2) is 0 Å². The van der Waals surface area contributed by atoms with Crippen LogP contribution in [0.2, 0.25) is 0 Å². The zero-order valence-corrected chi connectivity index (χ0v) is 12.3. The van der Waals surface area contributed by atoms with E-state index >= 15 is 0 Å². The summed E-state index contributed by atoms with van der Waals surface area (Å²) in [6.07, 6.45) is 2.33. The van der Waals surface area contributed by atoms with Crippen LogP contribution in [-0.2, 0) is 11.2 Å². The van der Waals surface area contributed by atoms with Crippen molar-refractivity contribution in [3.8, 4) is 0 Å². The first-order valence-electron chi connectivity index (χ1n) is 6.76. The average molecular weight is 276 g/mol. The number of thiazole rings is 1. The van der Waals surface area contributed by atoms with Gasteiger partial charge in [0.05, 0.1) is 15.2 Å². The highest BCUT2D eigenvalue weighted by Crippen LogP contribution is 2.22. The molecule has 0 spiro atoms. The summed E-state index contributed by atoms with van der Waals surface area (Å²) in [5, 5.41) is 4.06. The Morgan fingerprint density at radius 3 is 2.89 bits per heavy atom. The number of aromatic nitrogens is 1. The van der Waals surface area contributed by atoms with Gasteiger partial charge in [-0.1, -0.05) is 26.0 Å². The number of amides is 1. The average Bonchev–Trinajstić information content (AvgIpc) is 2.79. The molecular weight excluding hydrogens is 256 g/mol. The molecule has 2 rings (SSSR count). The summed E-state index contributed by atoms with van der Waals surface area (Å²) in [4.78, 5) is 16.2. The molecule has 1 aromatic heterocycles. The van der Waals surface area contributed by atoms with Gasteiger partial charge < -0.3 is 5.32 Å². The van der Waals surface area contributed by atoms with E-state index in [-0.39, 0.29) is 5.91 Å². The van der Waals surface area contributed by atoms with Gasteiger partial charge in [0.2, 0.25) is 5.91 Å². The molecule has 0 bridgehead atoms. The summed E-state index contributed by atoms with van der Waals surface area (Å²) in [5.41, 5.74) is 1.06. The van der Waals surface area contributed by atoms with Crippen molar-refractivity contribution in [2.24, 2.45) is 5.92 Å². The lowest BCUT2D eigenvalue weighted by atomic mass is 10.2. The molecule has 0 saturated heterocycles. The zero-order chi connectivity index (χ0) is 13.7. The number of rotatable bonds is 6. The number of nitrogens with one attached hydrogen (secondary N) is 1. The molecule has 19 heavy (non-hydrogen) atoms. The van der Waals surface area contributed by atoms with Crippen LogP contribution in [0, 0.1) is 5.92 Å². The molecular formula is C15H20N2OS. The molecule has 1 N–H and O–H groups in total. The molecule has 0 fully saturated rings. The van der Waals surface area contributed by atoms with Crippen LogP contribution in [-0.4, -0.2) is 17.4 Å². The van der Waals surface area contributed by atoms with E-state index in [1.807, 2.05) is 18.2 Å². The van der Waals surface area contributed by atoms with Crippen molar-refractivity contribution in [3.63, 3.8) is 0 Å². The lowest BCUT2D eigenvalue weighted by Crippen LogP contribution is -2.27. The Kier molecular flexibility index (Phi) is 4.91. The summed E-state index contributed by atoms with van der Waals surface area (Å²) in [6.45, 7) is 4.96. The van der Waals surface area contributed by atoms with Gasteiger partial charge in [0.1, 0.15) is 0 Å². The number of hydrogen-bond acceptors (Lipinski definition) is 3. The number of para-hydroxylation sites is 1. The Morgan fingerprint density at radius 1 is 1.37 bits per heavy atom. The maximum atomic E-state index is 11.6. The van der Waals surface area contributed by atoms with Crippen LogP contribution in [0.4, 0.5) is 0 Å². The van der Waals surface area contributed by atoms with Gasteiger partial charge in [-0.05, 0) is 30.9 Å². The second-order valence-corrected chi connectivity index (χ2v) is 6.24. The molecule has 0 aliphatic rings. The first-order valence-corrected chi connectivity index (χ1v) is 7.58. The molecule has 0 saturated carbocycles. The molecule has 4 heteroatoms. The normalized spacial score (nSPS) is 11.1. The van der Waals surface area contributed by atoms with Crippen LogP contribution < -0.4 is 5.32 Å². The number of carbonyl (C=O) groups excluding carboxylic acids is 1. The molecule has 0 atom stereocenters. The van der Waals surface area contributed by atoms with E-state index in [0.29, 0.717) is 12.3 Å². The maximum absolute atomic E-state index is 11.6. The van der Waals surface area contributed by atoms with Crippen molar-refractivity contribution in [3.05, 3.63) is 29.3 Å². The molecule has 1 aromatic carbocycles. The minimum absolute atomic E-state index is 0.148. The van der Waals surface area contributed by atoms with Gasteiger partial charge in [-0.2, -0.15) is 0 Å². The quantitative estimate of drug-likeness (QED) is 0.878. The van der Waals surface area contributed by atoms with Gasteiger partial charge in [0, 0.05) is 13.0 Å². The number of aryl methyl sites for hydroxylation is 1. The van der Waals surface area contributed by atoms with Crippen molar-refractivity contribution >= 4 is 27.5 Å². The van der Waals surface area contributed by atoms with Crippen LogP contribution in [0.3, 0.4) is 0 Å². The second kappa shape index (κ2) is 6.66. The summed E-state index contributed by atoms with van der Waals surface area (Å²) < 4.78 is 1.22. The van der Waals surface area contributed by atoms with E-state index in [1.54, 1.807) is 11.3 Å². The first kappa shape index (κ1) is 14.0. The fourth-order valence-corrected chi connectivity index (χ4v) is 2.84. The largest absolute Gasteiger partial charge is 0.356 e. The van der Waals surface area contributed by atoms with Crippen LogP contribution in [0.15, 0.2) is 24.3 Å². The van der Waals surface area contributed by atoms with Gasteiger partial charge in [-0.15, -0.1) is 11.3 Å². The van der Waals surface area contributed by atoms with Gasteiger partial charge in [-0.3, -0.25) is 4.79 Å². The van der Waals surface area contributed by atoms with Crippen molar-refractivity contribution in [1.29, 1.82) is 0 Å². The summed E-state index contributed by atoms with van der Waals surface area (Å²) in [7, 11) is 0. The van der Waals surface area contributed by atoms with Crippen molar-refractivity contribution in [2.75, 3.05) is 6.54 Å². The Morgan fingerprint density at radius 2 is 2.16 bits per heavy atom. The topological polar surface area (TPSA) is 42.0 Å². The van der Waals surface area contributed by atoms with Gasteiger partial charge in [0.25, 0.3) is 0 Å². The van der Waals surface area contributed by atoms with Crippen LogP contribution in [0.1, 0.15) is 31.7 Å². The number of carbonyl (C=O) groups is 1. The lowest BCUT2D eigenvalue weighted by Gasteiger charge is -2.06. The predicted molar refractivity (Wildman–Crippen MR) is 80.4 cm³/mol. The third-order valence-electron chi connectivity index (χ3n) is 2.84. The highest BCUT2D eigenvalue weighted by Gasteiger charge is 2.05. The molecule has 102 valence electrons. The van der Waals surface area contributed by atoms with E-state index in [9.17, 15) is 4.79 Å². The van der Waals surface area contributed by atoms with Crippen LogP contribution in [0.5, 0.6) is 0 Å². The summed E-state index contributed by atoms with van der Waals surface area (Å²) >= 11 is 1.72. The molecule has 2 aromatic rings. The van der Waals surface area contributed by atoms with Crippen LogP contribution >= 0.6 is 11.3 Å². The number of benzene rings is 1. The maximum Gasteiger partial charge on any atom is 0.220 e. The predicted octanol–water partition coefficient (Wildman–Crippen LogP) is 3.39. The molecule has 3 nitrogen and oxygen atoms in total. The number of fused-ring (bicyclic) bond motifs is 1. The summed E-state index contributed by atoms with van der Waals surface area (Å²) in [6, 6.07) is 8.16. The van der Waals surface area contributed by atoms with E-state index in [4.69, 9.17) is 0 Å². The highest BCUT2D eigenvalue weighted by atomic mass is 32.1. The fraction of sp³-hybridized carbons (Fsp3) is 0.467. The minimum atomic E-state index is 0.148. The Labute approximate surface area is 118 Å². The SMILES string of the molecule is CC(C)CNC(=O)CCCc1nc2ccccc2s1. The van der Waals surface area contributed by atoms with E-state index in [0.717, 1.165) is 29.9 Å². The standard InChI is InChI=1S/C15H20N2OS/c1-11(2)10-16-14(18)8-5-9-15-17-12-6-3-4-7-13(12)19-15/h3-4,6-7,11H,5,8-10H2,1-2H3,(H,16,18). The first-order chi connectivity index (χ1) is 9.15. The smallest absolute Gasteiger partial charge is 0.220 e. The monoisotopic (exact) mass is 276 g/mol. The summed E-state index contributed by atoms with van der Waals surface area (Å²) in [5.74, 6) is 0.656. The lowest BCUT2D eigenvalue weighted by molar-refractivity contribution is -0.121. The third-order valence-corrected chi connectivity index (χ3v) is 3.94. The molecule has 0 aliphatic carbocycles. The Hall–Kier alpha value is -1.42. The van der Waals surface area contributed by atoms with Crippen molar-refractivity contribution < 1.29 is 4.79 Å². The molecule has 0 unspecified atom stereocenters. The zero-order valence-electron chi connectivity index (χ0n) is 11.5. The van der Waals surface area contributed by atoms with Crippen molar-refractivity contribution in [1.82, 2.24) is 10.3 Å². The Balaban J connectivity index is 1.77. The third kappa shape index (κ3) is 4.31. The van der Waals surface area contributed by atoms with Gasteiger partial charge >= 0.3 is 0 Å². The van der Waals surface area contributed by atoms with Crippen molar-refractivity contribution in [2.45, 2.75) is 33.1 Å². The molecule has 0 aliphatic heterocycles. The molecule has 1 heterocycles. The fourth-order valence-electron chi connectivity index (χ4n) is 1.83. The molecule has 1 amide bonds. The van der Waals surface area contributed by atoms with E-state index < -0.39 is 0 Å². The number of hydrogen-bond donors (Lipinski definition) is 1. The second-order valence-electron chi connectivity index (χ2n) is 5.13. The highest BCUT2D eigenvalue weighted by molar-refractivity contribution is 7.18. The van der Waals surface area contributed by atoms with Crippen LogP contribution in [0.25, 0.3) is 10.2 Å². The number of nitrogens with zero attached hydrogens (tertiary/aromatic N) is 1.